The maximum Gasteiger partial charge on any atom is 0.257 e. The molecule has 1 heterocycles. The van der Waals surface area contributed by atoms with Gasteiger partial charge in [0.1, 0.15) is 18.0 Å². The molecule has 104 valence electrons. The third-order valence-electron chi connectivity index (χ3n) is 3.30. The van der Waals surface area contributed by atoms with Crippen LogP contribution in [-0.2, 0) is 9.47 Å². The van der Waals surface area contributed by atoms with E-state index < -0.39 is 0 Å². The number of hydrogen-bond donors (Lipinski definition) is 1. The van der Waals surface area contributed by atoms with Crippen molar-refractivity contribution in [2.24, 2.45) is 0 Å². The molecule has 1 N–H and O–H groups in total. The molecule has 1 aliphatic heterocycles. The summed E-state index contributed by atoms with van der Waals surface area (Å²) in [5, 5.41) is 9.83. The van der Waals surface area contributed by atoms with Crippen molar-refractivity contribution in [1.82, 2.24) is 4.90 Å². The maximum absolute atomic E-state index is 12.3. The van der Waals surface area contributed by atoms with Crippen LogP contribution in [-0.4, -0.2) is 55.4 Å². The highest BCUT2D eigenvalue weighted by Crippen LogP contribution is 2.26. The molecule has 0 bridgehead atoms. The van der Waals surface area contributed by atoms with Gasteiger partial charge in [0.25, 0.3) is 5.91 Å². The van der Waals surface area contributed by atoms with Crippen LogP contribution in [0.25, 0.3) is 0 Å². The quantitative estimate of drug-likeness (QED) is 0.915. The average molecular weight is 330 g/mol. The molecule has 2 rings (SSSR count). The Labute approximate surface area is 120 Å². The lowest BCUT2D eigenvalue weighted by Crippen LogP contribution is -2.30. The van der Waals surface area contributed by atoms with Crippen LogP contribution in [0.15, 0.2) is 22.7 Å². The predicted octanol–water partition coefficient (Wildman–Crippen LogP) is 1.64. The fourth-order valence-corrected chi connectivity index (χ4v) is 2.57. The molecule has 1 fully saturated rings. The number of carbonyl (C=O) groups excluding carboxylic acids is 1. The molecule has 1 amide bonds. The van der Waals surface area contributed by atoms with Crippen LogP contribution in [0.4, 0.5) is 0 Å². The standard InChI is InChI=1S/C13H16BrNO4/c1-18-11-6-15(7-12(11)19-2)13(17)9-4-3-8(14)5-10(9)16/h3-5,11-12,16H,6-7H2,1-2H3. The first kappa shape index (κ1) is 14.3. The Morgan fingerprint density at radius 1 is 1.32 bits per heavy atom. The van der Waals surface area contributed by atoms with Crippen LogP contribution in [0, 0.1) is 0 Å². The van der Waals surface area contributed by atoms with Crippen LogP contribution in [0.5, 0.6) is 5.75 Å². The summed E-state index contributed by atoms with van der Waals surface area (Å²) in [6, 6.07) is 4.83. The number of likely N-dealkylation sites (tertiary alicyclic amines) is 1. The number of benzene rings is 1. The average Bonchev–Trinajstić information content (AvgIpc) is 2.81. The highest BCUT2D eigenvalue weighted by molar-refractivity contribution is 9.10. The van der Waals surface area contributed by atoms with E-state index in [0.717, 1.165) is 4.47 Å². The van der Waals surface area contributed by atoms with Crippen molar-refractivity contribution in [3.8, 4) is 5.75 Å². The topological polar surface area (TPSA) is 59.0 Å². The highest BCUT2D eigenvalue weighted by Gasteiger charge is 2.36. The van der Waals surface area contributed by atoms with Gasteiger partial charge in [-0.25, -0.2) is 0 Å². The largest absolute Gasteiger partial charge is 0.507 e. The molecule has 1 saturated heterocycles. The van der Waals surface area contributed by atoms with Crippen LogP contribution in [0.2, 0.25) is 0 Å². The summed E-state index contributed by atoms with van der Waals surface area (Å²) in [7, 11) is 3.20. The summed E-state index contributed by atoms with van der Waals surface area (Å²) in [4.78, 5) is 14.0. The monoisotopic (exact) mass is 329 g/mol. The summed E-state index contributed by atoms with van der Waals surface area (Å²) in [5.74, 6) is -0.249. The molecule has 0 spiro atoms. The van der Waals surface area contributed by atoms with Crippen LogP contribution in [0.1, 0.15) is 10.4 Å². The zero-order valence-electron chi connectivity index (χ0n) is 10.8. The van der Waals surface area contributed by atoms with Gasteiger partial charge in [0.2, 0.25) is 0 Å². The van der Waals surface area contributed by atoms with Crippen molar-refractivity contribution in [1.29, 1.82) is 0 Å². The van der Waals surface area contributed by atoms with E-state index in [1.807, 2.05) is 0 Å². The Balaban J connectivity index is 2.17. The van der Waals surface area contributed by atoms with Gasteiger partial charge in [0.05, 0.1) is 5.56 Å². The van der Waals surface area contributed by atoms with Crippen molar-refractivity contribution in [3.63, 3.8) is 0 Å². The molecular formula is C13H16BrNO4. The number of phenols is 1. The number of amides is 1. The van der Waals surface area contributed by atoms with Gasteiger partial charge in [0.15, 0.2) is 0 Å². The second-order valence-corrected chi connectivity index (χ2v) is 5.34. The third-order valence-corrected chi connectivity index (χ3v) is 3.79. The molecule has 0 saturated carbocycles. The van der Waals surface area contributed by atoms with E-state index in [1.165, 1.54) is 6.07 Å². The Kier molecular flexibility index (Phi) is 4.44. The number of aromatic hydroxyl groups is 1. The zero-order valence-corrected chi connectivity index (χ0v) is 12.4. The SMILES string of the molecule is COC1CN(C(=O)c2ccc(Br)cc2O)CC1OC. The predicted molar refractivity (Wildman–Crippen MR) is 73.3 cm³/mol. The molecule has 2 unspecified atom stereocenters. The Morgan fingerprint density at radius 2 is 1.89 bits per heavy atom. The van der Waals surface area contributed by atoms with E-state index >= 15 is 0 Å². The van der Waals surface area contributed by atoms with Crippen molar-refractivity contribution >= 4 is 21.8 Å². The lowest BCUT2D eigenvalue weighted by molar-refractivity contribution is -0.00461. The second-order valence-electron chi connectivity index (χ2n) is 4.42. The van der Waals surface area contributed by atoms with Crippen LogP contribution < -0.4 is 0 Å². The number of phenolic OH excluding ortho intramolecular Hbond substituents is 1. The number of halogens is 1. The molecule has 1 aliphatic rings. The normalized spacial score (nSPS) is 22.8. The first-order chi connectivity index (χ1) is 9.06. The Hall–Kier alpha value is -1.11. The van der Waals surface area contributed by atoms with Crippen molar-refractivity contribution in [2.45, 2.75) is 12.2 Å². The molecule has 5 nitrogen and oxygen atoms in total. The van der Waals surface area contributed by atoms with Gasteiger partial charge < -0.3 is 19.5 Å². The highest BCUT2D eigenvalue weighted by atomic mass is 79.9. The molecular weight excluding hydrogens is 314 g/mol. The van der Waals surface area contributed by atoms with Crippen molar-refractivity contribution in [2.75, 3.05) is 27.3 Å². The minimum atomic E-state index is -0.216. The molecule has 6 heteroatoms. The van der Waals surface area contributed by atoms with Gasteiger partial charge in [-0.15, -0.1) is 0 Å². The maximum atomic E-state index is 12.3. The first-order valence-corrected chi connectivity index (χ1v) is 6.69. The fraction of sp³-hybridized carbons (Fsp3) is 0.462. The summed E-state index contributed by atoms with van der Waals surface area (Å²) in [6.07, 6.45) is -0.266. The van der Waals surface area contributed by atoms with Gasteiger partial charge in [-0.2, -0.15) is 0 Å². The zero-order chi connectivity index (χ0) is 14.0. The number of methoxy groups -OCH3 is 2. The van der Waals surface area contributed by atoms with Gasteiger partial charge in [-0.05, 0) is 18.2 Å². The number of nitrogens with zero attached hydrogens (tertiary/aromatic N) is 1. The van der Waals surface area contributed by atoms with E-state index in [-0.39, 0.29) is 29.4 Å². The lowest BCUT2D eigenvalue weighted by atomic mass is 10.2. The number of carbonyl (C=O) groups is 1. The van der Waals surface area contributed by atoms with E-state index in [1.54, 1.807) is 31.3 Å². The summed E-state index contributed by atoms with van der Waals surface area (Å²) in [6.45, 7) is 0.923. The van der Waals surface area contributed by atoms with Gasteiger partial charge in [-0.3, -0.25) is 4.79 Å². The van der Waals surface area contributed by atoms with E-state index in [0.29, 0.717) is 13.1 Å². The van der Waals surface area contributed by atoms with Crippen molar-refractivity contribution in [3.05, 3.63) is 28.2 Å². The van der Waals surface area contributed by atoms with E-state index in [9.17, 15) is 9.90 Å². The van der Waals surface area contributed by atoms with Crippen LogP contribution in [0.3, 0.4) is 0 Å². The molecule has 1 aromatic rings. The van der Waals surface area contributed by atoms with Crippen LogP contribution >= 0.6 is 15.9 Å². The number of rotatable bonds is 3. The summed E-state index contributed by atoms with van der Waals surface area (Å²) in [5.41, 5.74) is 0.287. The smallest absolute Gasteiger partial charge is 0.257 e. The molecule has 2 atom stereocenters. The minimum absolute atomic E-state index is 0.0331. The number of hydrogen-bond acceptors (Lipinski definition) is 4. The summed E-state index contributed by atoms with van der Waals surface area (Å²) < 4.78 is 11.3. The Morgan fingerprint density at radius 3 is 2.37 bits per heavy atom. The summed E-state index contributed by atoms with van der Waals surface area (Å²) >= 11 is 3.25. The van der Waals surface area contributed by atoms with Gasteiger partial charge in [-0.1, -0.05) is 15.9 Å². The fourth-order valence-electron chi connectivity index (χ4n) is 2.22. The second kappa shape index (κ2) is 5.90. The van der Waals surface area contributed by atoms with E-state index in [2.05, 4.69) is 15.9 Å². The van der Waals surface area contributed by atoms with Gasteiger partial charge in [0, 0.05) is 31.8 Å². The molecule has 1 aromatic carbocycles. The Bertz CT molecular complexity index is 468. The molecule has 0 aromatic heterocycles. The van der Waals surface area contributed by atoms with Crippen molar-refractivity contribution < 1.29 is 19.4 Å². The molecule has 0 aliphatic carbocycles. The third kappa shape index (κ3) is 2.91. The molecule has 0 radical (unpaired) electrons. The minimum Gasteiger partial charge on any atom is -0.507 e. The van der Waals surface area contributed by atoms with E-state index in [4.69, 9.17) is 9.47 Å². The van der Waals surface area contributed by atoms with Gasteiger partial charge >= 0.3 is 0 Å². The first-order valence-electron chi connectivity index (χ1n) is 5.90. The lowest BCUT2D eigenvalue weighted by Gasteiger charge is -2.16. The number of ether oxygens (including phenoxy) is 2. The molecule has 19 heavy (non-hydrogen) atoms.